The van der Waals surface area contributed by atoms with Crippen molar-refractivity contribution >= 4 is 46.5 Å². The van der Waals surface area contributed by atoms with E-state index in [0.717, 1.165) is 0 Å². The maximum absolute atomic E-state index is 10.5. The van der Waals surface area contributed by atoms with Gasteiger partial charge in [-0.05, 0) is 6.07 Å². The molecule has 1 rings (SSSR count). The van der Waals surface area contributed by atoms with Crippen molar-refractivity contribution in [2.75, 3.05) is 11.9 Å². The van der Waals surface area contributed by atoms with Crippen LogP contribution in [0.5, 0.6) is 0 Å². The Morgan fingerprint density at radius 3 is 2.64 bits per heavy atom. The topological polar surface area (TPSA) is 68.0 Å². The molecule has 0 aliphatic heterocycles. The van der Waals surface area contributed by atoms with Gasteiger partial charge in [-0.3, -0.25) is 4.79 Å². The van der Waals surface area contributed by atoms with Gasteiger partial charge in [0.2, 0.25) is 5.91 Å². The van der Waals surface area contributed by atoms with Crippen LogP contribution in [0.3, 0.4) is 0 Å². The van der Waals surface area contributed by atoms with Crippen LogP contribution in [0.1, 0.15) is 0 Å². The van der Waals surface area contributed by atoms with Gasteiger partial charge in [-0.2, -0.15) is 0 Å². The Kier molecular flexibility index (Phi) is 3.80. The number of hydrogen-bond donors (Lipinski definition) is 2. The van der Waals surface area contributed by atoms with Gasteiger partial charge in [-0.25, -0.2) is 4.98 Å². The van der Waals surface area contributed by atoms with Gasteiger partial charge in [-0.15, -0.1) is 0 Å². The molecule has 14 heavy (non-hydrogen) atoms. The third-order valence-corrected chi connectivity index (χ3v) is 2.28. The van der Waals surface area contributed by atoms with Gasteiger partial charge < -0.3 is 11.1 Å². The minimum atomic E-state index is -0.520. The summed E-state index contributed by atoms with van der Waals surface area (Å²) in [5.41, 5.74) is 4.93. The summed E-state index contributed by atoms with van der Waals surface area (Å²) < 4.78 is 0. The summed E-state index contributed by atoms with van der Waals surface area (Å²) in [6.45, 7) is -0.0648. The molecular formula is C7H6Cl3N3O. The number of amides is 1. The predicted molar refractivity (Wildman–Crippen MR) is 57.0 cm³/mol. The van der Waals surface area contributed by atoms with E-state index in [1.165, 1.54) is 6.07 Å². The van der Waals surface area contributed by atoms with Crippen molar-refractivity contribution in [1.29, 1.82) is 0 Å². The number of nitrogens with two attached hydrogens (primary N) is 1. The van der Waals surface area contributed by atoms with E-state index in [2.05, 4.69) is 10.3 Å². The molecule has 0 aliphatic carbocycles. The van der Waals surface area contributed by atoms with E-state index >= 15 is 0 Å². The van der Waals surface area contributed by atoms with Crippen molar-refractivity contribution in [1.82, 2.24) is 4.98 Å². The Hall–Kier alpha value is -0.710. The average molecular weight is 255 g/mol. The fraction of sp³-hybridized carbons (Fsp3) is 0.143. The third-order valence-electron chi connectivity index (χ3n) is 1.32. The van der Waals surface area contributed by atoms with E-state index in [0.29, 0.717) is 0 Å². The second-order valence-electron chi connectivity index (χ2n) is 2.41. The summed E-state index contributed by atoms with van der Waals surface area (Å²) in [7, 11) is 0. The van der Waals surface area contributed by atoms with E-state index in [4.69, 9.17) is 40.5 Å². The van der Waals surface area contributed by atoms with Crippen molar-refractivity contribution in [3.63, 3.8) is 0 Å². The van der Waals surface area contributed by atoms with Gasteiger partial charge in [-0.1, -0.05) is 34.8 Å². The van der Waals surface area contributed by atoms with E-state index in [1.807, 2.05) is 0 Å². The molecule has 0 spiro atoms. The molecule has 3 N–H and O–H groups in total. The number of halogens is 3. The predicted octanol–water partition coefficient (Wildman–Crippen LogP) is 1.94. The summed E-state index contributed by atoms with van der Waals surface area (Å²) in [5.74, 6) is -0.242. The maximum atomic E-state index is 10.5. The second kappa shape index (κ2) is 4.68. The van der Waals surface area contributed by atoms with Gasteiger partial charge in [0, 0.05) is 0 Å². The number of nitrogens with one attached hydrogen (secondary N) is 1. The number of pyridine rings is 1. The van der Waals surface area contributed by atoms with Crippen LogP contribution in [0.25, 0.3) is 0 Å². The van der Waals surface area contributed by atoms with Crippen molar-refractivity contribution in [2.45, 2.75) is 0 Å². The summed E-state index contributed by atoms with van der Waals surface area (Å²) >= 11 is 17.1. The molecule has 7 heteroatoms. The molecule has 0 saturated carbocycles. The van der Waals surface area contributed by atoms with Gasteiger partial charge in [0.05, 0.1) is 16.6 Å². The number of carbonyl (C=O) groups is 1. The summed E-state index contributed by atoms with van der Waals surface area (Å²) in [6.07, 6.45) is 0. The first kappa shape index (κ1) is 11.4. The SMILES string of the molecule is NC(=O)CNc1nc(Cl)c(Cl)cc1Cl. The standard InChI is InChI=1S/C7H6Cl3N3O/c8-3-1-4(9)7(13-6(3)10)12-2-5(11)14/h1H,2H2,(H2,11,14)(H,12,13). The number of nitrogens with zero attached hydrogens (tertiary/aromatic N) is 1. The first-order valence-corrected chi connectivity index (χ1v) is 4.68. The Bertz CT molecular complexity index is 369. The first-order valence-electron chi connectivity index (χ1n) is 3.54. The smallest absolute Gasteiger partial charge is 0.236 e. The van der Waals surface area contributed by atoms with E-state index in [1.54, 1.807) is 0 Å². The second-order valence-corrected chi connectivity index (χ2v) is 3.58. The van der Waals surface area contributed by atoms with Gasteiger partial charge >= 0.3 is 0 Å². The van der Waals surface area contributed by atoms with Crippen LogP contribution in [0.2, 0.25) is 15.2 Å². The zero-order valence-electron chi connectivity index (χ0n) is 6.85. The van der Waals surface area contributed by atoms with Crippen LogP contribution in [0, 0.1) is 0 Å². The molecule has 0 bridgehead atoms. The van der Waals surface area contributed by atoms with E-state index in [-0.39, 0.29) is 27.6 Å². The number of hydrogen-bond acceptors (Lipinski definition) is 3. The molecule has 1 aromatic rings. The minimum Gasteiger partial charge on any atom is -0.368 e. The van der Waals surface area contributed by atoms with Crippen LogP contribution in [0.4, 0.5) is 5.82 Å². The van der Waals surface area contributed by atoms with Crippen LogP contribution < -0.4 is 11.1 Å². The van der Waals surface area contributed by atoms with Gasteiger partial charge in [0.15, 0.2) is 0 Å². The third kappa shape index (κ3) is 2.90. The van der Waals surface area contributed by atoms with Crippen LogP contribution in [-0.4, -0.2) is 17.4 Å². The fourth-order valence-corrected chi connectivity index (χ4v) is 1.30. The molecule has 0 radical (unpaired) electrons. The van der Waals surface area contributed by atoms with Crippen LogP contribution in [0.15, 0.2) is 6.07 Å². The number of anilines is 1. The van der Waals surface area contributed by atoms with E-state index in [9.17, 15) is 4.79 Å². The molecule has 0 fully saturated rings. The highest BCUT2D eigenvalue weighted by Gasteiger charge is 2.07. The summed E-state index contributed by atoms with van der Waals surface area (Å²) in [6, 6.07) is 1.43. The monoisotopic (exact) mass is 253 g/mol. The molecule has 0 saturated heterocycles. The zero-order chi connectivity index (χ0) is 10.7. The van der Waals surface area contributed by atoms with Gasteiger partial charge in [0.25, 0.3) is 0 Å². The summed E-state index contributed by atoms with van der Waals surface area (Å²) in [4.78, 5) is 14.3. The molecule has 0 aromatic carbocycles. The molecule has 1 amide bonds. The Morgan fingerprint density at radius 1 is 1.43 bits per heavy atom. The molecular weight excluding hydrogens is 248 g/mol. The molecule has 0 atom stereocenters. The molecule has 0 unspecified atom stereocenters. The van der Waals surface area contributed by atoms with Crippen LogP contribution in [-0.2, 0) is 4.79 Å². The molecule has 1 heterocycles. The lowest BCUT2D eigenvalue weighted by Crippen LogP contribution is -2.22. The van der Waals surface area contributed by atoms with Crippen molar-refractivity contribution in [2.24, 2.45) is 5.73 Å². The molecule has 0 aliphatic rings. The lowest BCUT2D eigenvalue weighted by atomic mass is 10.4. The number of aromatic nitrogens is 1. The normalized spacial score (nSPS) is 9.93. The fourth-order valence-electron chi connectivity index (χ4n) is 0.739. The largest absolute Gasteiger partial charge is 0.368 e. The van der Waals surface area contributed by atoms with Crippen molar-refractivity contribution in [3.8, 4) is 0 Å². The maximum Gasteiger partial charge on any atom is 0.236 e. The highest BCUT2D eigenvalue weighted by atomic mass is 35.5. The first-order chi connectivity index (χ1) is 6.50. The number of primary amides is 1. The molecule has 1 aromatic heterocycles. The number of carbonyl (C=O) groups excluding carboxylic acids is 1. The summed E-state index contributed by atoms with van der Waals surface area (Å²) in [5, 5.41) is 3.26. The van der Waals surface area contributed by atoms with Gasteiger partial charge in [0.1, 0.15) is 11.0 Å². The average Bonchev–Trinajstić information content (AvgIpc) is 2.09. The quantitative estimate of drug-likeness (QED) is 0.810. The van der Waals surface area contributed by atoms with Crippen molar-refractivity contribution < 1.29 is 4.79 Å². The highest BCUT2D eigenvalue weighted by molar-refractivity contribution is 6.42. The van der Waals surface area contributed by atoms with E-state index < -0.39 is 5.91 Å². The lowest BCUT2D eigenvalue weighted by molar-refractivity contribution is -0.116. The van der Waals surface area contributed by atoms with Crippen molar-refractivity contribution in [3.05, 3.63) is 21.3 Å². The van der Waals surface area contributed by atoms with Crippen LogP contribution >= 0.6 is 34.8 Å². The lowest BCUT2D eigenvalue weighted by Gasteiger charge is -2.06. The number of rotatable bonds is 3. The minimum absolute atomic E-state index is 0.0648. The Balaban J connectivity index is 2.87. The molecule has 76 valence electrons. The zero-order valence-corrected chi connectivity index (χ0v) is 9.12. The Morgan fingerprint density at radius 2 is 2.07 bits per heavy atom. The highest BCUT2D eigenvalue weighted by Crippen LogP contribution is 2.28. The molecule has 4 nitrogen and oxygen atoms in total. The Labute approximate surface area is 95.3 Å².